The van der Waals surface area contributed by atoms with E-state index in [2.05, 4.69) is 19.2 Å². The molecule has 0 aliphatic heterocycles. The van der Waals surface area contributed by atoms with Crippen LogP contribution in [0.15, 0.2) is 0 Å². The molecular weight excluding hydrogens is 224 g/mol. The highest BCUT2D eigenvalue weighted by Crippen LogP contribution is 2.39. The molecule has 1 aliphatic carbocycles. The molecule has 106 valence electrons. The third-order valence-corrected chi connectivity index (χ3v) is 4.18. The normalized spacial score (nSPS) is 17.6. The molecule has 3 heteroatoms. The summed E-state index contributed by atoms with van der Waals surface area (Å²) in [4.78, 5) is 12.0. The summed E-state index contributed by atoms with van der Waals surface area (Å²) in [6.45, 7) is 5.87. The van der Waals surface area contributed by atoms with Gasteiger partial charge >= 0.3 is 0 Å². The van der Waals surface area contributed by atoms with Crippen molar-refractivity contribution in [1.82, 2.24) is 5.32 Å². The van der Waals surface area contributed by atoms with Crippen LogP contribution in [-0.2, 0) is 4.79 Å². The van der Waals surface area contributed by atoms with Crippen LogP contribution in [0.1, 0.15) is 65.2 Å². The van der Waals surface area contributed by atoms with Crippen LogP contribution < -0.4 is 11.1 Å². The topological polar surface area (TPSA) is 55.1 Å². The van der Waals surface area contributed by atoms with Gasteiger partial charge in [-0.15, -0.1) is 0 Å². The minimum absolute atomic E-state index is 0.193. The van der Waals surface area contributed by atoms with Gasteiger partial charge in [0.1, 0.15) is 0 Å². The molecule has 0 aromatic rings. The van der Waals surface area contributed by atoms with Crippen LogP contribution in [-0.4, -0.2) is 19.0 Å². The molecule has 0 bridgehead atoms. The summed E-state index contributed by atoms with van der Waals surface area (Å²) in [6.07, 6.45) is 9.36. The third-order valence-electron chi connectivity index (χ3n) is 4.18. The standard InChI is InChI=1S/C15H30N2O/c1-13(2)8-5-3-4-6-11-17-14(18)15(12-16)9-7-10-15/h13H,3-12,16H2,1-2H3,(H,17,18). The van der Waals surface area contributed by atoms with Gasteiger partial charge in [0.15, 0.2) is 0 Å². The van der Waals surface area contributed by atoms with E-state index in [1.807, 2.05) is 0 Å². The molecule has 18 heavy (non-hydrogen) atoms. The van der Waals surface area contributed by atoms with E-state index < -0.39 is 0 Å². The Morgan fingerprint density at radius 3 is 2.39 bits per heavy atom. The summed E-state index contributed by atoms with van der Waals surface area (Å²) in [6, 6.07) is 0. The number of hydrogen-bond donors (Lipinski definition) is 2. The Balaban J connectivity index is 1.99. The minimum atomic E-state index is -0.211. The number of carbonyl (C=O) groups excluding carboxylic acids is 1. The van der Waals surface area contributed by atoms with Gasteiger partial charge in [-0.3, -0.25) is 4.79 Å². The quantitative estimate of drug-likeness (QED) is 0.622. The molecule has 1 aliphatic rings. The predicted octanol–water partition coefficient (Wildman–Crippen LogP) is 2.84. The number of carbonyl (C=O) groups is 1. The zero-order valence-electron chi connectivity index (χ0n) is 12.1. The maximum absolute atomic E-state index is 12.0. The van der Waals surface area contributed by atoms with Gasteiger partial charge in [0.2, 0.25) is 5.91 Å². The molecule has 0 atom stereocenters. The Morgan fingerprint density at radius 2 is 1.89 bits per heavy atom. The van der Waals surface area contributed by atoms with Crippen molar-refractivity contribution in [2.24, 2.45) is 17.1 Å². The number of nitrogens with two attached hydrogens (primary N) is 1. The maximum atomic E-state index is 12.0. The first-order valence-electron chi connectivity index (χ1n) is 7.59. The Hall–Kier alpha value is -0.570. The maximum Gasteiger partial charge on any atom is 0.227 e. The van der Waals surface area contributed by atoms with E-state index in [1.54, 1.807) is 0 Å². The van der Waals surface area contributed by atoms with Gasteiger partial charge in [0.05, 0.1) is 5.41 Å². The van der Waals surface area contributed by atoms with Crippen molar-refractivity contribution >= 4 is 5.91 Å². The summed E-state index contributed by atoms with van der Waals surface area (Å²) in [5, 5.41) is 3.06. The highest BCUT2D eigenvalue weighted by molar-refractivity contribution is 5.83. The molecule has 3 N–H and O–H groups in total. The SMILES string of the molecule is CC(C)CCCCCCNC(=O)C1(CN)CCC1. The first kappa shape index (κ1) is 15.5. The van der Waals surface area contributed by atoms with Crippen LogP contribution in [0.25, 0.3) is 0 Å². The number of nitrogens with one attached hydrogen (secondary N) is 1. The van der Waals surface area contributed by atoms with Crippen LogP contribution in [0, 0.1) is 11.3 Å². The third kappa shape index (κ3) is 4.60. The van der Waals surface area contributed by atoms with Gasteiger partial charge in [-0.25, -0.2) is 0 Å². The van der Waals surface area contributed by atoms with Gasteiger partial charge in [0, 0.05) is 13.1 Å². The van der Waals surface area contributed by atoms with Gasteiger partial charge in [-0.2, -0.15) is 0 Å². The molecule has 1 amide bonds. The fourth-order valence-electron chi connectivity index (χ4n) is 2.55. The summed E-state index contributed by atoms with van der Waals surface area (Å²) in [5.74, 6) is 1.01. The van der Waals surface area contributed by atoms with Gasteiger partial charge < -0.3 is 11.1 Å². The molecule has 1 fully saturated rings. The van der Waals surface area contributed by atoms with Crippen molar-refractivity contribution in [3.05, 3.63) is 0 Å². The van der Waals surface area contributed by atoms with Crippen molar-refractivity contribution < 1.29 is 4.79 Å². The molecule has 0 aromatic heterocycles. The minimum Gasteiger partial charge on any atom is -0.356 e. The van der Waals surface area contributed by atoms with E-state index in [-0.39, 0.29) is 11.3 Å². The lowest BCUT2D eigenvalue weighted by molar-refractivity contribution is -0.135. The number of hydrogen-bond acceptors (Lipinski definition) is 2. The summed E-state index contributed by atoms with van der Waals surface area (Å²) in [7, 11) is 0. The molecular formula is C15H30N2O. The smallest absolute Gasteiger partial charge is 0.227 e. The average Bonchev–Trinajstić information content (AvgIpc) is 2.26. The molecule has 0 radical (unpaired) electrons. The first-order valence-corrected chi connectivity index (χ1v) is 7.59. The lowest BCUT2D eigenvalue weighted by Crippen LogP contribution is -2.50. The Kier molecular flexibility index (Phi) is 6.69. The number of amides is 1. The van der Waals surface area contributed by atoms with Crippen LogP contribution in [0.5, 0.6) is 0 Å². The number of unbranched alkanes of at least 4 members (excludes halogenated alkanes) is 3. The highest BCUT2D eigenvalue weighted by atomic mass is 16.2. The van der Waals surface area contributed by atoms with Crippen molar-refractivity contribution in [2.75, 3.05) is 13.1 Å². The summed E-state index contributed by atoms with van der Waals surface area (Å²) < 4.78 is 0. The van der Waals surface area contributed by atoms with Crippen LogP contribution in [0.2, 0.25) is 0 Å². The van der Waals surface area contributed by atoms with Crippen LogP contribution in [0.4, 0.5) is 0 Å². The lowest BCUT2D eigenvalue weighted by Gasteiger charge is -2.39. The molecule has 0 heterocycles. The summed E-state index contributed by atoms with van der Waals surface area (Å²) in [5.41, 5.74) is 5.50. The van der Waals surface area contributed by atoms with Gasteiger partial charge in [-0.05, 0) is 25.2 Å². The van der Waals surface area contributed by atoms with E-state index in [4.69, 9.17) is 5.73 Å². The monoisotopic (exact) mass is 254 g/mol. The van der Waals surface area contributed by atoms with E-state index in [1.165, 1.54) is 25.7 Å². The zero-order valence-corrected chi connectivity index (χ0v) is 12.1. The Labute approximate surface area is 112 Å². The summed E-state index contributed by atoms with van der Waals surface area (Å²) >= 11 is 0. The predicted molar refractivity (Wildman–Crippen MR) is 76.3 cm³/mol. The van der Waals surface area contributed by atoms with Gasteiger partial charge in [-0.1, -0.05) is 46.0 Å². The molecule has 0 spiro atoms. The fraction of sp³-hybridized carbons (Fsp3) is 0.933. The molecule has 3 nitrogen and oxygen atoms in total. The van der Waals surface area contributed by atoms with Crippen molar-refractivity contribution in [3.63, 3.8) is 0 Å². The van der Waals surface area contributed by atoms with Crippen LogP contribution in [0.3, 0.4) is 0 Å². The van der Waals surface area contributed by atoms with Crippen molar-refractivity contribution in [2.45, 2.75) is 65.2 Å². The Morgan fingerprint density at radius 1 is 1.22 bits per heavy atom. The highest BCUT2D eigenvalue weighted by Gasteiger charge is 2.42. The van der Waals surface area contributed by atoms with Crippen molar-refractivity contribution in [3.8, 4) is 0 Å². The first-order chi connectivity index (χ1) is 8.60. The van der Waals surface area contributed by atoms with Crippen molar-refractivity contribution in [1.29, 1.82) is 0 Å². The largest absolute Gasteiger partial charge is 0.356 e. The second-order valence-electron chi connectivity index (χ2n) is 6.19. The fourth-order valence-corrected chi connectivity index (χ4v) is 2.55. The van der Waals surface area contributed by atoms with Crippen LogP contribution >= 0.6 is 0 Å². The van der Waals surface area contributed by atoms with E-state index in [9.17, 15) is 4.79 Å². The molecule has 0 aromatic carbocycles. The lowest BCUT2D eigenvalue weighted by atomic mass is 9.68. The number of rotatable bonds is 9. The van der Waals surface area contributed by atoms with Gasteiger partial charge in [0.25, 0.3) is 0 Å². The molecule has 0 saturated heterocycles. The zero-order chi connectivity index (χ0) is 13.4. The molecule has 1 rings (SSSR count). The Bertz CT molecular complexity index is 241. The van der Waals surface area contributed by atoms with E-state index in [0.717, 1.165) is 38.1 Å². The second-order valence-corrected chi connectivity index (χ2v) is 6.19. The molecule has 0 unspecified atom stereocenters. The van der Waals surface area contributed by atoms with E-state index >= 15 is 0 Å². The average molecular weight is 254 g/mol. The van der Waals surface area contributed by atoms with E-state index in [0.29, 0.717) is 6.54 Å². The second kappa shape index (κ2) is 7.78. The molecule has 1 saturated carbocycles.